The van der Waals surface area contributed by atoms with E-state index >= 15 is 0 Å². The van der Waals surface area contributed by atoms with Crippen LogP contribution in [0.5, 0.6) is 0 Å². The van der Waals surface area contributed by atoms with Crippen LogP contribution in [0.25, 0.3) is 10.8 Å². The Morgan fingerprint density at radius 1 is 1.16 bits per heavy atom. The van der Waals surface area contributed by atoms with E-state index in [1.54, 1.807) is 0 Å². The number of aliphatic imine (C=N–C) groups is 1. The zero-order chi connectivity index (χ0) is 17.0. The van der Waals surface area contributed by atoms with E-state index in [-0.39, 0.29) is 16.4 Å². The van der Waals surface area contributed by atoms with E-state index < -0.39 is 11.6 Å². The van der Waals surface area contributed by atoms with Crippen molar-refractivity contribution in [3.05, 3.63) is 36.0 Å². The second-order valence-electron chi connectivity index (χ2n) is 7.11. The molecule has 3 saturated heterocycles. The highest BCUT2D eigenvalue weighted by atomic mass is 19.1. The number of hydrogen-bond donors (Lipinski definition) is 1. The van der Waals surface area contributed by atoms with Crippen LogP contribution in [0.1, 0.15) is 12.8 Å². The standard InChI is InChI=1S/C18H18F2N4O/c19-14-1-2-15(20)13-8-21-16(7-12(13)14)23-17-22-9-18(25-17)10-24-5-3-11(18)4-6-24/h1-2,7-8,11H,3-6,9-10H2,(H,21,22,23)/t18-/m0/s1. The van der Waals surface area contributed by atoms with Crippen LogP contribution in [0.3, 0.4) is 0 Å². The molecule has 1 atom stereocenters. The molecule has 0 aliphatic carbocycles. The van der Waals surface area contributed by atoms with Crippen LogP contribution in [0.2, 0.25) is 0 Å². The number of benzene rings is 1. The van der Waals surface area contributed by atoms with Gasteiger partial charge in [0, 0.05) is 29.4 Å². The highest BCUT2D eigenvalue weighted by molar-refractivity contribution is 5.92. The summed E-state index contributed by atoms with van der Waals surface area (Å²) in [6.07, 6.45) is 3.61. The smallest absolute Gasteiger partial charge is 0.291 e. The molecule has 3 fully saturated rings. The predicted octanol–water partition coefficient (Wildman–Crippen LogP) is 2.78. The summed E-state index contributed by atoms with van der Waals surface area (Å²) in [4.78, 5) is 11.1. The molecule has 4 aliphatic heterocycles. The van der Waals surface area contributed by atoms with E-state index in [0.717, 1.165) is 44.6 Å². The number of fused-ring (bicyclic) bond motifs is 3. The third-order valence-electron chi connectivity index (χ3n) is 5.64. The minimum Gasteiger partial charge on any atom is -0.455 e. The van der Waals surface area contributed by atoms with Gasteiger partial charge in [0.25, 0.3) is 6.02 Å². The van der Waals surface area contributed by atoms with Gasteiger partial charge < -0.3 is 4.74 Å². The van der Waals surface area contributed by atoms with E-state index in [0.29, 0.717) is 24.3 Å². The third-order valence-corrected chi connectivity index (χ3v) is 5.64. The van der Waals surface area contributed by atoms with Crippen LogP contribution in [-0.4, -0.2) is 47.7 Å². The fourth-order valence-electron chi connectivity index (χ4n) is 4.29. The van der Waals surface area contributed by atoms with E-state index in [4.69, 9.17) is 4.74 Å². The lowest BCUT2D eigenvalue weighted by Gasteiger charge is -2.50. The van der Waals surface area contributed by atoms with Crippen LogP contribution in [0.4, 0.5) is 14.6 Å². The van der Waals surface area contributed by atoms with E-state index in [1.807, 2.05) is 0 Å². The molecule has 1 aromatic carbocycles. The molecular weight excluding hydrogens is 326 g/mol. The Morgan fingerprint density at radius 2 is 1.92 bits per heavy atom. The van der Waals surface area contributed by atoms with E-state index in [1.165, 1.54) is 12.3 Å². The van der Waals surface area contributed by atoms with Gasteiger partial charge in [-0.2, -0.15) is 0 Å². The number of hydrogen-bond acceptors (Lipinski definition) is 5. The second kappa shape index (κ2) is 5.36. The lowest BCUT2D eigenvalue weighted by Crippen LogP contribution is -2.61. The third kappa shape index (κ3) is 2.37. The number of rotatable bonds is 1. The van der Waals surface area contributed by atoms with Gasteiger partial charge in [0.15, 0.2) is 0 Å². The molecular formula is C18H18F2N4O. The zero-order valence-corrected chi connectivity index (χ0v) is 13.6. The summed E-state index contributed by atoms with van der Waals surface area (Å²) < 4.78 is 33.9. The van der Waals surface area contributed by atoms with Crippen molar-refractivity contribution in [1.82, 2.24) is 9.88 Å². The van der Waals surface area contributed by atoms with Gasteiger partial charge in [0.05, 0.1) is 6.54 Å². The van der Waals surface area contributed by atoms with Crippen LogP contribution in [0, 0.1) is 17.6 Å². The minimum absolute atomic E-state index is 0.161. The van der Waals surface area contributed by atoms with Crippen molar-refractivity contribution in [2.75, 3.05) is 31.5 Å². The topological polar surface area (TPSA) is 49.8 Å². The average molecular weight is 344 g/mol. The van der Waals surface area contributed by atoms with Crippen molar-refractivity contribution >= 4 is 22.6 Å². The van der Waals surface area contributed by atoms with Crippen molar-refractivity contribution in [2.45, 2.75) is 18.4 Å². The van der Waals surface area contributed by atoms with Gasteiger partial charge in [-0.25, -0.2) is 18.8 Å². The van der Waals surface area contributed by atoms with Crippen molar-refractivity contribution in [3.8, 4) is 0 Å². The van der Waals surface area contributed by atoms with Crippen LogP contribution in [0.15, 0.2) is 29.4 Å². The van der Waals surface area contributed by atoms with E-state index in [2.05, 4.69) is 20.2 Å². The van der Waals surface area contributed by atoms with Crippen molar-refractivity contribution < 1.29 is 13.5 Å². The quantitative estimate of drug-likeness (QED) is 0.864. The monoisotopic (exact) mass is 344 g/mol. The van der Waals surface area contributed by atoms with Gasteiger partial charge >= 0.3 is 0 Å². The van der Waals surface area contributed by atoms with E-state index in [9.17, 15) is 8.78 Å². The Bertz CT molecular complexity index is 879. The fourth-order valence-corrected chi connectivity index (χ4v) is 4.29. The number of amidine groups is 1. The Hall–Kier alpha value is -2.28. The Labute approximate surface area is 143 Å². The molecule has 0 saturated carbocycles. The molecule has 1 spiro atoms. The molecule has 1 aromatic heterocycles. The second-order valence-corrected chi connectivity index (χ2v) is 7.11. The average Bonchev–Trinajstić information content (AvgIpc) is 3.01. The number of piperidine rings is 3. The Kier molecular flexibility index (Phi) is 3.22. The SMILES string of the molecule is Fc1ccc(F)c2cc(NC3=NC[C@@]4(CN5CCC4CC5)O3)ncc12. The van der Waals surface area contributed by atoms with Gasteiger partial charge in [-0.1, -0.05) is 0 Å². The molecule has 2 bridgehead atoms. The molecule has 6 rings (SSSR count). The number of nitrogens with zero attached hydrogens (tertiary/aromatic N) is 3. The largest absolute Gasteiger partial charge is 0.455 e. The highest BCUT2D eigenvalue weighted by Gasteiger charge is 2.51. The number of nitrogens with one attached hydrogen (secondary N) is 1. The van der Waals surface area contributed by atoms with Crippen LogP contribution in [-0.2, 0) is 4.74 Å². The summed E-state index contributed by atoms with van der Waals surface area (Å²) >= 11 is 0. The maximum Gasteiger partial charge on any atom is 0.291 e. The molecule has 0 amide bonds. The highest BCUT2D eigenvalue weighted by Crippen LogP contribution is 2.40. The normalized spacial score (nSPS) is 30.6. The fraction of sp³-hybridized carbons (Fsp3) is 0.444. The zero-order valence-electron chi connectivity index (χ0n) is 13.6. The predicted molar refractivity (Wildman–Crippen MR) is 90.6 cm³/mol. The van der Waals surface area contributed by atoms with Crippen LogP contribution >= 0.6 is 0 Å². The number of anilines is 1. The molecule has 2 aromatic rings. The maximum absolute atomic E-state index is 14.0. The van der Waals surface area contributed by atoms with Crippen LogP contribution < -0.4 is 5.32 Å². The first-order valence-electron chi connectivity index (χ1n) is 8.60. The van der Waals surface area contributed by atoms with Gasteiger partial charge in [-0.15, -0.1) is 0 Å². The van der Waals surface area contributed by atoms with Gasteiger partial charge in [0.1, 0.15) is 23.1 Å². The van der Waals surface area contributed by atoms with Gasteiger partial charge in [-0.3, -0.25) is 10.2 Å². The Balaban J connectivity index is 1.38. The van der Waals surface area contributed by atoms with Crippen molar-refractivity contribution in [1.29, 1.82) is 0 Å². The molecule has 4 aliphatic rings. The molecule has 5 heterocycles. The lowest BCUT2D eigenvalue weighted by atomic mass is 9.75. The Morgan fingerprint density at radius 3 is 2.64 bits per heavy atom. The summed E-state index contributed by atoms with van der Waals surface area (Å²) in [6.45, 7) is 3.80. The van der Waals surface area contributed by atoms with Gasteiger partial charge in [0.2, 0.25) is 0 Å². The molecule has 0 radical (unpaired) electrons. The number of aromatic nitrogens is 1. The van der Waals surface area contributed by atoms with Crippen molar-refractivity contribution in [2.24, 2.45) is 10.9 Å². The first-order valence-corrected chi connectivity index (χ1v) is 8.60. The molecule has 7 heteroatoms. The molecule has 1 N–H and O–H groups in total. The summed E-state index contributed by atoms with van der Waals surface area (Å²) in [5.41, 5.74) is -0.243. The molecule has 130 valence electrons. The summed E-state index contributed by atoms with van der Waals surface area (Å²) in [5.74, 6) is -0.0492. The first-order chi connectivity index (χ1) is 12.1. The van der Waals surface area contributed by atoms with Crippen molar-refractivity contribution in [3.63, 3.8) is 0 Å². The maximum atomic E-state index is 14.0. The number of halogens is 2. The molecule has 0 unspecified atom stereocenters. The first kappa shape index (κ1) is 15.0. The molecule has 5 nitrogen and oxygen atoms in total. The summed E-state index contributed by atoms with van der Waals surface area (Å²) in [6, 6.07) is 4.12. The number of ether oxygens (including phenoxy) is 1. The summed E-state index contributed by atoms with van der Waals surface area (Å²) in [5, 5.41) is 3.37. The number of pyridine rings is 1. The lowest BCUT2D eigenvalue weighted by molar-refractivity contribution is -0.0829. The summed E-state index contributed by atoms with van der Waals surface area (Å²) in [7, 11) is 0. The molecule has 25 heavy (non-hydrogen) atoms. The minimum atomic E-state index is -0.490. The van der Waals surface area contributed by atoms with Gasteiger partial charge in [-0.05, 0) is 44.1 Å².